The Morgan fingerprint density at radius 1 is 0.902 bits per heavy atom. The Bertz CT molecular complexity index is 1450. The Kier molecular flexibility index (Phi) is 8.31. The molecule has 0 unspecified atom stereocenters. The third-order valence-electron chi connectivity index (χ3n) is 8.78. The Balaban J connectivity index is 1.16. The smallest absolute Gasteiger partial charge is 0.265 e. The zero-order valence-corrected chi connectivity index (χ0v) is 25.0. The number of hydrogen-bond donors (Lipinski definition) is 0. The molecule has 3 aliphatic heterocycles. The van der Waals surface area contributed by atoms with Crippen LogP contribution < -0.4 is 4.90 Å². The van der Waals surface area contributed by atoms with Gasteiger partial charge in [-0.2, -0.15) is 0 Å². The molecular weight excluding hydrogens is 526 g/mol. The summed E-state index contributed by atoms with van der Waals surface area (Å²) >= 11 is 1.52. The molecule has 3 heterocycles. The topological polar surface area (TPSA) is 43.9 Å². The van der Waals surface area contributed by atoms with E-state index in [0.29, 0.717) is 23.1 Å². The third kappa shape index (κ3) is 6.14. The number of fused-ring (bicyclic) bond motifs is 1. The van der Waals surface area contributed by atoms with E-state index >= 15 is 0 Å². The van der Waals surface area contributed by atoms with E-state index < -0.39 is 0 Å². The molecule has 3 aromatic rings. The zero-order chi connectivity index (χ0) is 28.3. The number of carbonyl (C=O) groups excluding carboxylic acids is 2. The summed E-state index contributed by atoms with van der Waals surface area (Å²) in [6.07, 6.45) is 8.05. The average Bonchev–Trinajstić information content (AvgIpc) is 3.01. The largest absolute Gasteiger partial charge is 0.339 e. The minimum Gasteiger partial charge on any atom is -0.339 e. The molecule has 3 aromatic carbocycles. The highest BCUT2D eigenvalue weighted by atomic mass is 32.2. The summed E-state index contributed by atoms with van der Waals surface area (Å²) in [6, 6.07) is 22.9. The number of thioether (sulfide) groups is 1. The Morgan fingerprint density at radius 2 is 1.63 bits per heavy atom. The number of benzene rings is 3. The molecule has 41 heavy (non-hydrogen) atoms. The number of amides is 2. The van der Waals surface area contributed by atoms with Gasteiger partial charge in [0.2, 0.25) is 0 Å². The van der Waals surface area contributed by atoms with Crippen LogP contribution >= 0.6 is 11.8 Å². The molecule has 0 radical (unpaired) electrons. The van der Waals surface area contributed by atoms with E-state index in [1.807, 2.05) is 58.3 Å². The van der Waals surface area contributed by atoms with Crippen LogP contribution in [0.1, 0.15) is 64.7 Å². The molecule has 212 valence electrons. The van der Waals surface area contributed by atoms with Crippen molar-refractivity contribution in [1.29, 1.82) is 0 Å². The van der Waals surface area contributed by atoms with Gasteiger partial charge in [-0.05, 0) is 99.7 Å². The van der Waals surface area contributed by atoms with Crippen molar-refractivity contribution in [2.24, 2.45) is 0 Å². The molecule has 2 saturated heterocycles. The van der Waals surface area contributed by atoms with Crippen molar-refractivity contribution in [1.82, 2.24) is 9.80 Å². The number of carbonyl (C=O) groups is 2. The van der Waals surface area contributed by atoms with E-state index in [4.69, 9.17) is 0 Å². The van der Waals surface area contributed by atoms with E-state index in [0.717, 1.165) is 47.6 Å². The number of nitrogens with zero attached hydrogens (tertiary/aromatic N) is 3. The van der Waals surface area contributed by atoms with Crippen LogP contribution in [0.4, 0.5) is 5.69 Å². The number of aryl methyl sites for hydroxylation is 2. The normalized spacial score (nSPS) is 19.5. The van der Waals surface area contributed by atoms with Gasteiger partial charge in [-0.3, -0.25) is 9.59 Å². The highest BCUT2D eigenvalue weighted by Crippen LogP contribution is 2.42. The lowest BCUT2D eigenvalue weighted by atomic mass is 9.99. The van der Waals surface area contributed by atoms with Gasteiger partial charge in [0.25, 0.3) is 11.8 Å². The fourth-order valence-electron chi connectivity index (χ4n) is 6.33. The van der Waals surface area contributed by atoms with E-state index in [1.165, 1.54) is 55.2 Å². The van der Waals surface area contributed by atoms with E-state index in [2.05, 4.69) is 43.0 Å². The summed E-state index contributed by atoms with van der Waals surface area (Å²) in [4.78, 5) is 35.4. The second-order valence-electron chi connectivity index (χ2n) is 11.6. The van der Waals surface area contributed by atoms with Crippen LogP contribution in [0.25, 0.3) is 6.08 Å². The minimum absolute atomic E-state index is 0.00587. The van der Waals surface area contributed by atoms with Crippen LogP contribution in [0.3, 0.4) is 0 Å². The quantitative estimate of drug-likeness (QED) is 0.310. The van der Waals surface area contributed by atoms with Gasteiger partial charge in [0.05, 0.1) is 17.1 Å². The standard InChI is InChI=1S/C35H39N3O2S/c1-25-10-11-26(2)29(22-25)24-38-31-8-4-5-9-32(31)41-33(35(38)40)23-27-12-14-28(15-13-27)34(39)37-20-16-30(17-21-37)36-18-6-3-7-19-36/h4-5,8-15,22-23,30H,3,6-7,16-21,24H2,1-2H3/b33-23+. The number of hydrogen-bond acceptors (Lipinski definition) is 4. The first-order chi connectivity index (χ1) is 20.0. The summed E-state index contributed by atoms with van der Waals surface area (Å²) in [7, 11) is 0. The molecule has 0 aromatic heterocycles. The molecule has 0 bridgehead atoms. The second-order valence-corrected chi connectivity index (χ2v) is 12.7. The molecule has 6 rings (SSSR count). The van der Waals surface area contributed by atoms with Gasteiger partial charge >= 0.3 is 0 Å². The number of anilines is 1. The average molecular weight is 566 g/mol. The molecule has 0 N–H and O–H groups in total. The van der Waals surface area contributed by atoms with Crippen LogP contribution in [0.15, 0.2) is 76.5 Å². The van der Waals surface area contributed by atoms with Crippen molar-refractivity contribution in [3.63, 3.8) is 0 Å². The van der Waals surface area contributed by atoms with Crippen molar-refractivity contribution in [3.05, 3.63) is 99.5 Å². The van der Waals surface area contributed by atoms with E-state index in [9.17, 15) is 9.59 Å². The van der Waals surface area contributed by atoms with Crippen molar-refractivity contribution in [3.8, 4) is 0 Å². The first-order valence-corrected chi connectivity index (χ1v) is 15.8. The Hall–Kier alpha value is -3.35. The predicted molar refractivity (Wildman–Crippen MR) is 168 cm³/mol. The lowest BCUT2D eigenvalue weighted by Crippen LogP contribution is -2.48. The minimum atomic E-state index is 0.00587. The van der Waals surface area contributed by atoms with Crippen LogP contribution in [0.2, 0.25) is 0 Å². The maximum Gasteiger partial charge on any atom is 0.265 e. The van der Waals surface area contributed by atoms with Crippen molar-refractivity contribution < 1.29 is 9.59 Å². The summed E-state index contributed by atoms with van der Waals surface area (Å²) in [6.45, 7) is 8.79. The number of rotatable bonds is 5. The molecule has 0 aliphatic carbocycles. The first kappa shape index (κ1) is 27.8. The number of para-hydroxylation sites is 1. The molecule has 6 heteroatoms. The fraction of sp³-hybridized carbons (Fsp3) is 0.371. The van der Waals surface area contributed by atoms with Gasteiger partial charge in [0.15, 0.2) is 0 Å². The van der Waals surface area contributed by atoms with Gasteiger partial charge in [0.1, 0.15) is 0 Å². The summed E-state index contributed by atoms with van der Waals surface area (Å²) in [5.41, 5.74) is 6.11. The summed E-state index contributed by atoms with van der Waals surface area (Å²) < 4.78 is 0. The van der Waals surface area contributed by atoms with Gasteiger partial charge in [0, 0.05) is 29.6 Å². The second kappa shape index (κ2) is 12.3. The van der Waals surface area contributed by atoms with Crippen molar-refractivity contribution in [2.75, 3.05) is 31.1 Å². The predicted octanol–water partition coefficient (Wildman–Crippen LogP) is 7.07. The molecule has 0 spiro atoms. The highest BCUT2D eigenvalue weighted by Gasteiger charge is 2.30. The monoisotopic (exact) mass is 565 g/mol. The van der Waals surface area contributed by atoms with E-state index in [1.54, 1.807) is 0 Å². The van der Waals surface area contributed by atoms with Gasteiger partial charge < -0.3 is 14.7 Å². The molecule has 2 fully saturated rings. The first-order valence-electron chi connectivity index (χ1n) is 15.0. The van der Waals surface area contributed by atoms with Crippen molar-refractivity contribution >= 4 is 35.3 Å². The summed E-state index contributed by atoms with van der Waals surface area (Å²) in [5, 5.41) is 0. The van der Waals surface area contributed by atoms with Crippen LogP contribution in [-0.4, -0.2) is 53.8 Å². The van der Waals surface area contributed by atoms with Gasteiger partial charge in [-0.25, -0.2) is 0 Å². The maximum absolute atomic E-state index is 13.8. The highest BCUT2D eigenvalue weighted by molar-refractivity contribution is 8.04. The van der Waals surface area contributed by atoms with Crippen LogP contribution in [0, 0.1) is 13.8 Å². The Labute approximate surface area is 248 Å². The molecule has 2 amide bonds. The maximum atomic E-state index is 13.8. The molecule has 0 saturated carbocycles. The van der Waals surface area contributed by atoms with E-state index in [-0.39, 0.29) is 11.8 Å². The molecule has 3 aliphatic rings. The van der Waals surface area contributed by atoms with Crippen molar-refractivity contribution in [2.45, 2.75) is 63.4 Å². The summed E-state index contributed by atoms with van der Waals surface area (Å²) in [5.74, 6) is 0.115. The van der Waals surface area contributed by atoms with Crippen LogP contribution in [-0.2, 0) is 11.3 Å². The van der Waals surface area contributed by atoms with Gasteiger partial charge in [-0.1, -0.05) is 66.2 Å². The van der Waals surface area contributed by atoms with Crippen LogP contribution in [0.5, 0.6) is 0 Å². The SMILES string of the molecule is Cc1ccc(C)c(CN2C(=O)/C(=C\c3ccc(C(=O)N4CCC(N5CCCCC5)CC4)cc3)Sc3ccccc32)c1. The molecule has 5 nitrogen and oxygen atoms in total. The zero-order valence-electron chi connectivity index (χ0n) is 24.1. The Morgan fingerprint density at radius 3 is 2.39 bits per heavy atom. The molecular formula is C35H39N3O2S. The lowest BCUT2D eigenvalue weighted by Gasteiger charge is -2.40. The molecule has 0 atom stereocenters. The fourth-order valence-corrected chi connectivity index (χ4v) is 7.39. The lowest BCUT2D eigenvalue weighted by molar-refractivity contribution is -0.114. The number of likely N-dealkylation sites (tertiary alicyclic amines) is 2. The third-order valence-corrected chi connectivity index (χ3v) is 9.86. The van der Waals surface area contributed by atoms with Gasteiger partial charge in [-0.15, -0.1) is 0 Å². The number of piperidine rings is 2.